The highest BCUT2D eigenvalue weighted by molar-refractivity contribution is 5.98. The molecule has 8 heteroatoms. The maximum absolute atomic E-state index is 13.6. The van der Waals surface area contributed by atoms with E-state index < -0.39 is 23.5 Å². The quantitative estimate of drug-likeness (QED) is 0.163. The van der Waals surface area contributed by atoms with Crippen molar-refractivity contribution >= 4 is 23.5 Å². The second-order valence-corrected chi connectivity index (χ2v) is 11.0. The molecular formula is C35H36N4O4. The van der Waals surface area contributed by atoms with Crippen molar-refractivity contribution in [2.45, 2.75) is 31.5 Å². The van der Waals surface area contributed by atoms with Gasteiger partial charge in [-0.15, -0.1) is 0 Å². The minimum Gasteiger partial charge on any atom is -0.467 e. The molecule has 220 valence electrons. The molecule has 1 aromatic heterocycles. The summed E-state index contributed by atoms with van der Waals surface area (Å²) in [6, 6.07) is 32.8. The molecule has 3 aromatic carbocycles. The Morgan fingerprint density at radius 3 is 1.79 bits per heavy atom. The maximum Gasteiger partial charge on any atom is 0.328 e. The highest BCUT2D eigenvalue weighted by Gasteiger charge is 2.56. The fourth-order valence-electron chi connectivity index (χ4n) is 5.89. The smallest absolute Gasteiger partial charge is 0.328 e. The number of anilines is 1. The van der Waals surface area contributed by atoms with Gasteiger partial charge in [0, 0.05) is 13.6 Å². The number of hydrogen-bond acceptors (Lipinski definition) is 6. The number of pyridine rings is 1. The Morgan fingerprint density at radius 1 is 0.860 bits per heavy atom. The van der Waals surface area contributed by atoms with Crippen molar-refractivity contribution in [1.82, 2.24) is 14.8 Å². The summed E-state index contributed by atoms with van der Waals surface area (Å²) in [5.74, 6) is -1.19. The zero-order chi connectivity index (χ0) is 30.6. The molecule has 0 spiro atoms. The van der Waals surface area contributed by atoms with Crippen LogP contribution in [0.3, 0.4) is 0 Å². The molecule has 1 N–H and O–H groups in total. The predicted octanol–water partition coefficient (Wildman–Crippen LogP) is 4.97. The molecular weight excluding hydrogens is 540 g/mol. The van der Waals surface area contributed by atoms with Crippen molar-refractivity contribution in [3.63, 3.8) is 0 Å². The van der Waals surface area contributed by atoms with E-state index in [2.05, 4.69) is 51.6 Å². The SMILES string of the molecule is COC(=O)C(C(C)C)N(C)C(=O)c1ccc(NC(=O)C2CN2C(c2ccccc2)(c2ccccc2)c2ccccc2)cn1. The highest BCUT2D eigenvalue weighted by atomic mass is 16.5. The van der Waals surface area contributed by atoms with Crippen molar-refractivity contribution in [3.05, 3.63) is 132 Å². The number of nitrogens with one attached hydrogen (secondary N) is 1. The molecule has 1 aliphatic rings. The van der Waals surface area contributed by atoms with Gasteiger partial charge >= 0.3 is 5.97 Å². The summed E-state index contributed by atoms with van der Waals surface area (Å²) in [6.45, 7) is 4.25. The lowest BCUT2D eigenvalue weighted by atomic mass is 9.76. The monoisotopic (exact) mass is 576 g/mol. The van der Waals surface area contributed by atoms with E-state index in [-0.39, 0.29) is 23.6 Å². The van der Waals surface area contributed by atoms with E-state index in [0.717, 1.165) is 16.7 Å². The van der Waals surface area contributed by atoms with Gasteiger partial charge in [-0.1, -0.05) is 105 Å². The molecule has 3 unspecified atom stereocenters. The highest BCUT2D eigenvalue weighted by Crippen LogP contribution is 2.48. The number of ether oxygens (including phenoxy) is 1. The molecule has 4 aromatic rings. The number of benzene rings is 3. The average molecular weight is 577 g/mol. The first-order valence-electron chi connectivity index (χ1n) is 14.3. The summed E-state index contributed by atoms with van der Waals surface area (Å²) < 4.78 is 4.88. The summed E-state index contributed by atoms with van der Waals surface area (Å²) in [5.41, 5.74) is 3.19. The lowest BCUT2D eigenvalue weighted by molar-refractivity contribution is -0.147. The van der Waals surface area contributed by atoms with Crippen LogP contribution in [0.4, 0.5) is 5.69 Å². The Morgan fingerprint density at radius 2 is 1.37 bits per heavy atom. The molecule has 43 heavy (non-hydrogen) atoms. The summed E-state index contributed by atoms with van der Waals surface area (Å²) in [6.07, 6.45) is 1.47. The topological polar surface area (TPSA) is 91.6 Å². The molecule has 8 nitrogen and oxygen atoms in total. The van der Waals surface area contributed by atoms with Crippen molar-refractivity contribution in [2.24, 2.45) is 5.92 Å². The van der Waals surface area contributed by atoms with E-state index >= 15 is 0 Å². The first-order valence-corrected chi connectivity index (χ1v) is 14.3. The third-order valence-electron chi connectivity index (χ3n) is 7.98. The second kappa shape index (κ2) is 12.6. The first-order chi connectivity index (χ1) is 20.8. The number of esters is 1. The van der Waals surface area contributed by atoms with Gasteiger partial charge in [0.1, 0.15) is 17.8 Å². The van der Waals surface area contributed by atoms with Crippen LogP contribution in [0.5, 0.6) is 0 Å². The predicted molar refractivity (Wildman–Crippen MR) is 165 cm³/mol. The molecule has 0 aliphatic carbocycles. The fraction of sp³-hybridized carbons (Fsp3) is 0.257. The van der Waals surface area contributed by atoms with E-state index in [1.165, 1.54) is 18.2 Å². The Kier molecular flexibility index (Phi) is 8.68. The normalized spacial score (nSPS) is 16.7. The largest absolute Gasteiger partial charge is 0.467 e. The van der Waals surface area contributed by atoms with E-state index in [4.69, 9.17) is 4.74 Å². The van der Waals surface area contributed by atoms with Crippen LogP contribution in [0.1, 0.15) is 41.0 Å². The van der Waals surface area contributed by atoms with Gasteiger partial charge in [0.15, 0.2) is 0 Å². The van der Waals surface area contributed by atoms with Gasteiger partial charge in [0.05, 0.1) is 24.5 Å². The third kappa shape index (κ3) is 5.79. The molecule has 0 radical (unpaired) electrons. The number of aromatic nitrogens is 1. The van der Waals surface area contributed by atoms with Crippen molar-refractivity contribution < 1.29 is 19.1 Å². The minimum atomic E-state index is -0.737. The zero-order valence-corrected chi connectivity index (χ0v) is 24.8. The van der Waals surface area contributed by atoms with Crippen LogP contribution in [-0.2, 0) is 19.9 Å². The van der Waals surface area contributed by atoms with Crippen LogP contribution in [0.25, 0.3) is 0 Å². The Bertz CT molecular complexity index is 1460. The molecule has 3 atom stereocenters. The fourth-order valence-corrected chi connectivity index (χ4v) is 5.89. The van der Waals surface area contributed by atoms with Crippen LogP contribution in [0, 0.1) is 5.92 Å². The Hall–Kier alpha value is -4.82. The van der Waals surface area contributed by atoms with Gasteiger partial charge in [-0.05, 0) is 34.7 Å². The number of carbonyl (C=O) groups is 3. The van der Waals surface area contributed by atoms with Crippen LogP contribution < -0.4 is 5.32 Å². The number of nitrogens with zero attached hydrogens (tertiary/aromatic N) is 3. The van der Waals surface area contributed by atoms with Crippen LogP contribution >= 0.6 is 0 Å². The molecule has 0 saturated carbocycles. The number of likely N-dealkylation sites (N-methyl/N-ethyl adjacent to an activating group) is 1. The van der Waals surface area contributed by atoms with Crippen LogP contribution in [0.15, 0.2) is 109 Å². The molecule has 2 amide bonds. The summed E-state index contributed by atoms with van der Waals surface area (Å²) >= 11 is 0. The van der Waals surface area contributed by atoms with E-state index in [0.29, 0.717) is 12.2 Å². The van der Waals surface area contributed by atoms with Crippen molar-refractivity contribution in [3.8, 4) is 0 Å². The lowest BCUT2D eigenvalue weighted by Crippen LogP contribution is -2.46. The maximum atomic E-state index is 13.6. The second-order valence-electron chi connectivity index (χ2n) is 11.0. The molecule has 1 aliphatic heterocycles. The number of amides is 2. The summed E-state index contributed by atoms with van der Waals surface area (Å²) in [7, 11) is 2.86. The molecule has 5 rings (SSSR count). The van der Waals surface area contributed by atoms with Gasteiger partial charge in [0.2, 0.25) is 5.91 Å². The molecule has 1 saturated heterocycles. The summed E-state index contributed by atoms with van der Waals surface area (Å²) in [5, 5.41) is 2.98. The van der Waals surface area contributed by atoms with Gasteiger partial charge < -0.3 is 15.0 Å². The van der Waals surface area contributed by atoms with Crippen LogP contribution in [0.2, 0.25) is 0 Å². The zero-order valence-electron chi connectivity index (χ0n) is 24.8. The molecule has 0 bridgehead atoms. The lowest BCUT2D eigenvalue weighted by Gasteiger charge is -2.38. The third-order valence-corrected chi connectivity index (χ3v) is 7.98. The minimum absolute atomic E-state index is 0.142. The van der Waals surface area contributed by atoms with Gasteiger partial charge in [-0.25, -0.2) is 9.78 Å². The van der Waals surface area contributed by atoms with Gasteiger partial charge in [0.25, 0.3) is 5.91 Å². The molecule has 2 heterocycles. The van der Waals surface area contributed by atoms with E-state index in [1.54, 1.807) is 19.2 Å². The van der Waals surface area contributed by atoms with Crippen molar-refractivity contribution in [1.29, 1.82) is 0 Å². The van der Waals surface area contributed by atoms with Crippen molar-refractivity contribution in [2.75, 3.05) is 26.0 Å². The van der Waals surface area contributed by atoms with Gasteiger partial charge in [-0.2, -0.15) is 0 Å². The first kappa shape index (κ1) is 29.7. The van der Waals surface area contributed by atoms with E-state index in [9.17, 15) is 14.4 Å². The summed E-state index contributed by atoms with van der Waals surface area (Å²) in [4.78, 5) is 46.8. The number of carbonyl (C=O) groups excluding carboxylic acids is 3. The number of methoxy groups -OCH3 is 1. The van der Waals surface area contributed by atoms with Gasteiger partial charge in [-0.3, -0.25) is 14.5 Å². The Labute approximate surface area is 252 Å². The molecule has 1 fully saturated rings. The van der Waals surface area contributed by atoms with Crippen LogP contribution in [-0.4, -0.2) is 65.4 Å². The average Bonchev–Trinajstić information content (AvgIpc) is 3.84. The Balaban J connectivity index is 1.38. The van der Waals surface area contributed by atoms with E-state index in [1.807, 2.05) is 68.4 Å². The standard InChI is InChI=1S/C35H36N4O4/c1-24(2)31(34(42)43-4)38(3)33(41)29-21-20-28(22-36-29)37-32(40)30-23-39(30)35(25-14-8-5-9-15-25,26-16-10-6-11-17-26)27-18-12-7-13-19-27/h5-22,24,30-31H,23H2,1-4H3,(H,37,40). The number of hydrogen-bond donors (Lipinski definition) is 1. The number of rotatable bonds is 10.